The van der Waals surface area contributed by atoms with Crippen LogP contribution in [-0.4, -0.2) is 144 Å². The highest BCUT2D eigenvalue weighted by Gasteiger charge is 2.40. The molecule has 1 fully saturated rings. The van der Waals surface area contributed by atoms with Gasteiger partial charge in [0.05, 0.1) is 23.5 Å². The zero-order valence-corrected chi connectivity index (χ0v) is 46.6. The Kier molecular flexibility index (Phi) is 26.4. The second kappa shape index (κ2) is 32.7. The Morgan fingerprint density at radius 2 is 1.24 bits per heavy atom. The maximum Gasteiger partial charge on any atom is 0.245 e. The molecule has 434 valence electrons. The molecule has 10 amide bonds. The van der Waals surface area contributed by atoms with Crippen LogP contribution in [-0.2, 0) is 67.2 Å². The minimum absolute atomic E-state index is 0.00679. The second-order valence-electron chi connectivity index (χ2n) is 19.1. The summed E-state index contributed by atoms with van der Waals surface area (Å²) in [6, 6.07) is 10.3. The lowest BCUT2D eigenvalue weighted by Gasteiger charge is -2.31. The number of aliphatic imine (C=N–C) groups is 1. The van der Waals surface area contributed by atoms with Gasteiger partial charge in [-0.25, -0.2) is 0 Å². The first kappa shape index (κ1) is 64.4. The van der Waals surface area contributed by atoms with Crippen molar-refractivity contribution in [1.82, 2.24) is 36.8 Å². The maximum absolute atomic E-state index is 14.5. The predicted molar refractivity (Wildman–Crippen MR) is 302 cm³/mol. The number of methoxy groups -OCH3 is 1. The summed E-state index contributed by atoms with van der Waals surface area (Å²) in [5.41, 5.74) is 34.9. The van der Waals surface area contributed by atoms with Gasteiger partial charge in [0.15, 0.2) is 5.96 Å². The monoisotopic (exact) mass is 1220 g/mol. The third-order valence-corrected chi connectivity index (χ3v) is 13.8. The van der Waals surface area contributed by atoms with Gasteiger partial charge in [0.1, 0.15) is 53.8 Å². The fourth-order valence-corrected chi connectivity index (χ4v) is 9.30. The molecule has 80 heavy (non-hydrogen) atoms. The molecule has 0 saturated carbocycles. The number of aromatic hydroxyl groups is 1. The lowest BCUT2D eigenvalue weighted by molar-refractivity contribution is -0.142. The molecule has 26 nitrogen and oxygen atoms in total. The molecule has 7 atom stereocenters. The summed E-state index contributed by atoms with van der Waals surface area (Å²) in [7, 11) is 1.49. The molecule has 4 rings (SSSR count). The van der Waals surface area contributed by atoms with Gasteiger partial charge in [0.2, 0.25) is 59.1 Å². The van der Waals surface area contributed by atoms with E-state index >= 15 is 0 Å². The molecule has 0 radical (unpaired) electrons. The number of guanidine groups is 1. The Hall–Kier alpha value is -8.08. The van der Waals surface area contributed by atoms with Crippen LogP contribution in [0.15, 0.2) is 77.8 Å². The molecular formula is C53H73IN14O12. The van der Waals surface area contributed by atoms with Gasteiger partial charge in [0, 0.05) is 32.4 Å². The number of amides is 10. The van der Waals surface area contributed by atoms with Gasteiger partial charge in [-0.3, -0.25) is 52.9 Å². The number of phenols is 1. The number of nitrogens with one attached hydrogen (secondary N) is 6. The van der Waals surface area contributed by atoms with E-state index in [4.69, 9.17) is 39.1 Å². The minimum atomic E-state index is -1.77. The first-order valence-electron chi connectivity index (χ1n) is 26.0. The van der Waals surface area contributed by atoms with Crippen LogP contribution in [0.1, 0.15) is 80.9 Å². The predicted octanol–water partition coefficient (Wildman–Crippen LogP) is -2.26. The SMILES string of the molecule is COc1ccc(C[C@@H](NC(=O)Cc2ccc(O)c(I)c2)C(=O)N[C@@H](Cc2ccccc2)C(=O)N[C@@H](CCC(N)=O)C(=O)N[C@@H](CC(N)=O)C(=O)N[C@@H](CCCCN)C(=O)N2CCC[C@H]2C(=O)N[C@@H](CCCN=C(N)N)C(N)=O)cc1. The first-order valence-corrected chi connectivity index (χ1v) is 27.0. The molecule has 1 aliphatic heterocycles. The van der Waals surface area contributed by atoms with E-state index in [-0.39, 0.29) is 69.9 Å². The van der Waals surface area contributed by atoms with E-state index in [0.29, 0.717) is 51.7 Å². The molecule has 3 aromatic carbocycles. The largest absolute Gasteiger partial charge is 0.507 e. The van der Waals surface area contributed by atoms with E-state index in [2.05, 4.69) is 36.9 Å². The van der Waals surface area contributed by atoms with Crippen LogP contribution in [0.4, 0.5) is 0 Å². The number of primary amides is 3. The van der Waals surface area contributed by atoms with Crippen molar-refractivity contribution < 1.29 is 57.8 Å². The van der Waals surface area contributed by atoms with Crippen LogP contribution in [0, 0.1) is 3.57 Å². The van der Waals surface area contributed by atoms with Crippen molar-refractivity contribution in [2.75, 3.05) is 26.7 Å². The fourth-order valence-electron chi connectivity index (χ4n) is 8.72. The van der Waals surface area contributed by atoms with Crippen LogP contribution < -0.4 is 71.0 Å². The highest BCUT2D eigenvalue weighted by atomic mass is 127. The molecule has 1 heterocycles. The van der Waals surface area contributed by atoms with Gasteiger partial charge in [-0.2, -0.15) is 0 Å². The number of unbranched alkanes of at least 4 members (excludes halogenated alkanes) is 1. The van der Waals surface area contributed by atoms with Crippen molar-refractivity contribution in [2.45, 2.75) is 126 Å². The topological polar surface area (TPSA) is 444 Å². The number of nitrogens with zero attached hydrogens (tertiary/aromatic N) is 2. The maximum atomic E-state index is 14.5. The fraction of sp³-hybridized carbons (Fsp3) is 0.453. The number of nitrogens with two attached hydrogens (primary N) is 6. The summed E-state index contributed by atoms with van der Waals surface area (Å²) >= 11 is 1.92. The summed E-state index contributed by atoms with van der Waals surface area (Å²) in [5.74, 6) is -8.08. The molecule has 1 saturated heterocycles. The minimum Gasteiger partial charge on any atom is -0.507 e. The van der Waals surface area contributed by atoms with E-state index in [1.165, 1.54) is 18.1 Å². The normalized spacial score (nSPS) is 15.0. The lowest BCUT2D eigenvalue weighted by atomic mass is 10.0. The van der Waals surface area contributed by atoms with E-state index < -0.39 is 121 Å². The summed E-state index contributed by atoms with van der Waals surface area (Å²) < 4.78 is 5.78. The number of carbonyl (C=O) groups excluding carboxylic acids is 10. The summed E-state index contributed by atoms with van der Waals surface area (Å²) in [6.07, 6.45) is -0.316. The molecule has 0 aliphatic carbocycles. The number of hydrogen-bond acceptors (Lipinski definition) is 14. The second-order valence-corrected chi connectivity index (χ2v) is 20.3. The smallest absolute Gasteiger partial charge is 0.245 e. The molecule has 3 aromatic rings. The summed E-state index contributed by atoms with van der Waals surface area (Å²) in [5, 5.41) is 25.7. The third kappa shape index (κ3) is 21.6. The number of likely N-dealkylation sites (tertiary alicyclic amines) is 1. The van der Waals surface area contributed by atoms with Crippen molar-refractivity contribution in [1.29, 1.82) is 0 Å². The average Bonchev–Trinajstić information content (AvgIpc) is 3.93. The molecule has 27 heteroatoms. The molecular weight excluding hydrogens is 1150 g/mol. The number of rotatable bonds is 33. The Bertz CT molecular complexity index is 2680. The number of phenolic OH excluding ortho intramolecular Hbond substituents is 1. The Morgan fingerprint density at radius 3 is 1.84 bits per heavy atom. The van der Waals surface area contributed by atoms with Crippen molar-refractivity contribution in [3.05, 3.63) is 93.1 Å². The van der Waals surface area contributed by atoms with Gasteiger partial charge in [-0.05, 0) is 121 Å². The van der Waals surface area contributed by atoms with Gasteiger partial charge in [-0.15, -0.1) is 0 Å². The number of hydrogen-bond donors (Lipinski definition) is 13. The zero-order valence-electron chi connectivity index (χ0n) is 44.5. The Balaban J connectivity index is 1.59. The van der Waals surface area contributed by atoms with Crippen LogP contribution in [0.2, 0.25) is 0 Å². The average molecular weight is 1230 g/mol. The van der Waals surface area contributed by atoms with E-state index in [9.17, 15) is 53.1 Å². The molecule has 0 bridgehead atoms. The van der Waals surface area contributed by atoms with E-state index in [1.807, 2.05) is 22.6 Å². The number of benzene rings is 3. The van der Waals surface area contributed by atoms with Crippen molar-refractivity contribution in [2.24, 2.45) is 39.4 Å². The summed E-state index contributed by atoms with van der Waals surface area (Å²) in [6.45, 7) is 0.494. The van der Waals surface area contributed by atoms with Crippen molar-refractivity contribution in [3.63, 3.8) is 0 Å². The first-order chi connectivity index (χ1) is 38.1. The molecule has 19 N–H and O–H groups in total. The van der Waals surface area contributed by atoms with Crippen LogP contribution in [0.5, 0.6) is 11.5 Å². The highest BCUT2D eigenvalue weighted by molar-refractivity contribution is 14.1. The van der Waals surface area contributed by atoms with Crippen LogP contribution >= 0.6 is 22.6 Å². The summed E-state index contributed by atoms with van der Waals surface area (Å²) in [4.78, 5) is 141. The van der Waals surface area contributed by atoms with Gasteiger partial charge in [-0.1, -0.05) is 48.5 Å². The quantitative estimate of drug-likeness (QED) is 0.0133. The number of carbonyl (C=O) groups is 10. The highest BCUT2D eigenvalue weighted by Crippen LogP contribution is 2.23. The van der Waals surface area contributed by atoms with E-state index in [1.54, 1.807) is 66.7 Å². The van der Waals surface area contributed by atoms with Gasteiger partial charge in [0.25, 0.3) is 0 Å². The van der Waals surface area contributed by atoms with Crippen LogP contribution in [0.25, 0.3) is 0 Å². The number of halogens is 1. The van der Waals surface area contributed by atoms with Crippen molar-refractivity contribution >= 4 is 87.6 Å². The lowest BCUT2D eigenvalue weighted by Crippen LogP contribution is -2.60. The molecule has 0 aromatic heterocycles. The Labute approximate surface area is 476 Å². The third-order valence-electron chi connectivity index (χ3n) is 12.9. The van der Waals surface area contributed by atoms with Crippen molar-refractivity contribution in [3.8, 4) is 11.5 Å². The zero-order chi connectivity index (χ0) is 58.9. The molecule has 0 spiro atoms. The van der Waals surface area contributed by atoms with Gasteiger partial charge >= 0.3 is 0 Å². The van der Waals surface area contributed by atoms with Gasteiger partial charge < -0.3 is 81.0 Å². The molecule has 0 unspecified atom stereocenters. The van der Waals surface area contributed by atoms with E-state index in [0.717, 1.165) is 0 Å². The Morgan fingerprint density at radius 1 is 0.662 bits per heavy atom. The standard InChI is InChI=1S/C53H73IN14O12/c1-80-33-17-14-31(15-18-33)27-38(62-45(72)28-32-16-20-42(69)34(54)25-32)48(75)66-39(26-30-9-3-2-4-10-30)49(76)64-36(19-21-43(56)70)47(74)67-40(29-44(57)71)50(77)65-37(11-5-6-22-55)52(79)68-24-8-13-41(68)51(78)63-35(46(58)73)12-7-23-61-53(59)60/h2-4,9-10,14-18,20,25,35-41,69H,5-8,11-13,19,21-24,26-29,55H2,1H3,(H2,56,70)(H2,57,71)(H2,58,73)(H,62,72)(H,63,78)(H,64,76)(H,65,77)(H,66,75)(H,67,74)(H4,59,60,61)/t35-,36-,37-,38+,39-,40-,41-/m0/s1. The molecule has 1 aliphatic rings. The van der Waals surface area contributed by atoms with Crippen LogP contribution in [0.3, 0.4) is 0 Å². The number of ether oxygens (including phenoxy) is 1.